The van der Waals surface area contributed by atoms with E-state index in [9.17, 15) is 0 Å². The van der Waals surface area contributed by atoms with E-state index < -0.39 is 0 Å². The Labute approximate surface area is 120 Å². The molecule has 19 heavy (non-hydrogen) atoms. The largest absolute Gasteiger partial charge is 0.337 e. The first-order valence-corrected chi connectivity index (χ1v) is 7.50. The molecular weight excluding hydrogens is 310 g/mol. The zero-order chi connectivity index (χ0) is 13.7. The van der Waals surface area contributed by atoms with Gasteiger partial charge in [0.1, 0.15) is 6.54 Å². The van der Waals surface area contributed by atoms with Crippen LogP contribution in [0.4, 0.5) is 0 Å². The number of hydrogen-bond donors (Lipinski definition) is 0. The molecule has 2 aromatic rings. The van der Waals surface area contributed by atoms with E-state index in [1.807, 2.05) is 6.20 Å². The predicted octanol–water partition coefficient (Wildman–Crippen LogP) is 2.90. The maximum Gasteiger partial charge on any atom is 0.248 e. The zero-order valence-corrected chi connectivity index (χ0v) is 12.8. The molecule has 0 fully saturated rings. The first-order chi connectivity index (χ1) is 9.22. The minimum Gasteiger partial charge on any atom is -0.337 e. The summed E-state index contributed by atoms with van der Waals surface area (Å²) < 4.78 is 6.92. The molecule has 0 spiro atoms. The molecule has 0 saturated carbocycles. The normalized spacial score (nSPS) is 12.8. The highest BCUT2D eigenvalue weighted by molar-refractivity contribution is 9.09. The lowest BCUT2D eigenvalue weighted by atomic mass is 10.2. The first kappa shape index (κ1) is 14.2. The second-order valence-corrected chi connectivity index (χ2v) is 5.53. The predicted molar refractivity (Wildman–Crippen MR) is 74.0 cm³/mol. The van der Waals surface area contributed by atoms with Gasteiger partial charge in [-0.1, -0.05) is 46.6 Å². The summed E-state index contributed by atoms with van der Waals surface area (Å²) in [7, 11) is 0. The van der Waals surface area contributed by atoms with Gasteiger partial charge in [0.15, 0.2) is 5.82 Å². The second-order valence-electron chi connectivity index (χ2n) is 4.42. The van der Waals surface area contributed by atoms with Crippen molar-refractivity contribution in [2.45, 2.75) is 50.9 Å². The lowest BCUT2D eigenvalue weighted by Gasteiger charge is -1.98. The van der Waals surface area contributed by atoms with E-state index in [1.165, 1.54) is 0 Å². The lowest BCUT2D eigenvalue weighted by molar-refractivity contribution is 0.359. The molecule has 6 nitrogen and oxygen atoms in total. The maximum atomic E-state index is 5.20. The Hall–Kier alpha value is -1.24. The minimum absolute atomic E-state index is 0.240. The molecule has 0 aromatic carbocycles. The third-order valence-corrected chi connectivity index (χ3v) is 3.91. The van der Waals surface area contributed by atoms with Gasteiger partial charge in [-0.05, 0) is 12.8 Å². The van der Waals surface area contributed by atoms with Gasteiger partial charge in [0.25, 0.3) is 0 Å². The highest BCUT2D eigenvalue weighted by Crippen LogP contribution is 2.23. The van der Waals surface area contributed by atoms with E-state index in [0.29, 0.717) is 12.4 Å². The van der Waals surface area contributed by atoms with E-state index in [1.54, 1.807) is 4.68 Å². The summed E-state index contributed by atoms with van der Waals surface area (Å²) in [6.07, 6.45) is 5.94. The van der Waals surface area contributed by atoms with Crippen LogP contribution in [0.2, 0.25) is 0 Å². The molecule has 104 valence electrons. The summed E-state index contributed by atoms with van der Waals surface area (Å²) >= 11 is 3.55. The molecule has 2 aromatic heterocycles. The number of hydrogen-bond acceptors (Lipinski definition) is 5. The Balaban J connectivity index is 1.96. The molecule has 0 amide bonds. The number of rotatable bonds is 7. The summed E-state index contributed by atoms with van der Waals surface area (Å²) in [5.74, 6) is 1.34. The van der Waals surface area contributed by atoms with Crippen LogP contribution < -0.4 is 0 Å². The molecule has 2 heterocycles. The van der Waals surface area contributed by atoms with Crippen LogP contribution >= 0.6 is 15.9 Å². The Kier molecular flexibility index (Phi) is 5.07. The fraction of sp³-hybridized carbons (Fsp3) is 0.667. The lowest BCUT2D eigenvalue weighted by Crippen LogP contribution is -2.01. The van der Waals surface area contributed by atoms with Crippen LogP contribution in [0.15, 0.2) is 10.7 Å². The Bertz CT molecular complexity index is 510. The van der Waals surface area contributed by atoms with Crippen molar-refractivity contribution in [1.29, 1.82) is 0 Å². The van der Waals surface area contributed by atoms with Crippen molar-refractivity contribution in [3.63, 3.8) is 0 Å². The number of aryl methyl sites for hydroxylation is 1. The molecule has 0 aliphatic rings. The summed E-state index contributed by atoms with van der Waals surface area (Å²) in [6.45, 7) is 4.70. The molecule has 1 unspecified atom stereocenters. The second kappa shape index (κ2) is 6.79. The van der Waals surface area contributed by atoms with E-state index in [2.05, 4.69) is 50.2 Å². The molecule has 7 heteroatoms. The summed E-state index contributed by atoms with van der Waals surface area (Å²) in [5, 5.41) is 12.1. The fourth-order valence-corrected chi connectivity index (χ4v) is 1.88. The van der Waals surface area contributed by atoms with Crippen molar-refractivity contribution in [1.82, 2.24) is 25.1 Å². The van der Waals surface area contributed by atoms with Crippen LogP contribution in [0.25, 0.3) is 0 Å². The number of nitrogens with zero attached hydrogens (tertiary/aromatic N) is 5. The fourth-order valence-electron chi connectivity index (χ4n) is 1.67. The zero-order valence-electron chi connectivity index (χ0n) is 11.2. The van der Waals surface area contributed by atoms with Crippen molar-refractivity contribution in [3.05, 3.63) is 23.6 Å². The van der Waals surface area contributed by atoms with Crippen LogP contribution in [0.3, 0.4) is 0 Å². The summed E-state index contributed by atoms with van der Waals surface area (Å²) in [4.78, 5) is 4.58. The topological polar surface area (TPSA) is 69.6 Å². The summed E-state index contributed by atoms with van der Waals surface area (Å²) in [6, 6.07) is 0. The van der Waals surface area contributed by atoms with Gasteiger partial charge < -0.3 is 4.52 Å². The van der Waals surface area contributed by atoms with Crippen molar-refractivity contribution in [2.24, 2.45) is 0 Å². The Morgan fingerprint density at radius 2 is 2.26 bits per heavy atom. The highest BCUT2D eigenvalue weighted by Gasteiger charge is 2.12. The molecule has 2 rings (SSSR count). The number of alkyl halides is 1. The van der Waals surface area contributed by atoms with Gasteiger partial charge in [-0.25, -0.2) is 4.68 Å². The van der Waals surface area contributed by atoms with E-state index in [0.717, 1.165) is 37.2 Å². The average Bonchev–Trinajstić information content (AvgIpc) is 3.05. The van der Waals surface area contributed by atoms with Gasteiger partial charge in [0.05, 0.1) is 16.7 Å². The first-order valence-electron chi connectivity index (χ1n) is 6.58. The van der Waals surface area contributed by atoms with Crippen LogP contribution in [-0.4, -0.2) is 25.1 Å². The van der Waals surface area contributed by atoms with E-state index >= 15 is 0 Å². The van der Waals surface area contributed by atoms with E-state index in [-0.39, 0.29) is 4.83 Å². The van der Waals surface area contributed by atoms with Crippen molar-refractivity contribution < 1.29 is 4.52 Å². The quantitative estimate of drug-likeness (QED) is 0.731. The van der Waals surface area contributed by atoms with E-state index in [4.69, 9.17) is 4.52 Å². The van der Waals surface area contributed by atoms with Crippen LogP contribution in [-0.2, 0) is 13.0 Å². The Morgan fingerprint density at radius 1 is 1.42 bits per heavy atom. The molecule has 0 saturated heterocycles. The van der Waals surface area contributed by atoms with Crippen molar-refractivity contribution in [3.8, 4) is 0 Å². The van der Waals surface area contributed by atoms with Gasteiger partial charge in [0, 0.05) is 6.42 Å². The number of aromatic nitrogens is 5. The van der Waals surface area contributed by atoms with Crippen LogP contribution in [0.1, 0.15) is 55.3 Å². The monoisotopic (exact) mass is 327 g/mol. The number of halogens is 1. The summed E-state index contributed by atoms with van der Waals surface area (Å²) in [5.41, 5.74) is 0.924. The van der Waals surface area contributed by atoms with Crippen molar-refractivity contribution >= 4 is 15.9 Å². The highest BCUT2D eigenvalue weighted by atomic mass is 79.9. The molecular formula is C12H18BrN5O. The smallest absolute Gasteiger partial charge is 0.248 e. The molecule has 0 aliphatic heterocycles. The third kappa shape index (κ3) is 3.86. The van der Waals surface area contributed by atoms with Crippen LogP contribution in [0.5, 0.6) is 0 Å². The molecule has 0 N–H and O–H groups in total. The van der Waals surface area contributed by atoms with Gasteiger partial charge in [-0.15, -0.1) is 5.10 Å². The van der Waals surface area contributed by atoms with Gasteiger partial charge in [-0.3, -0.25) is 0 Å². The Morgan fingerprint density at radius 3 is 3.00 bits per heavy atom. The standard InChI is InChI=1S/C12H18BrN5O/c1-3-5-6-11-14-12(19-16-11)8-18-7-10(15-17-18)9(13)4-2/h7,9H,3-6,8H2,1-2H3. The molecule has 1 atom stereocenters. The van der Waals surface area contributed by atoms with Crippen molar-refractivity contribution in [2.75, 3.05) is 0 Å². The molecule has 0 aliphatic carbocycles. The third-order valence-electron chi connectivity index (χ3n) is 2.80. The van der Waals surface area contributed by atoms with Gasteiger partial charge in [-0.2, -0.15) is 4.98 Å². The number of unbranched alkanes of at least 4 members (excludes halogenated alkanes) is 1. The van der Waals surface area contributed by atoms with Gasteiger partial charge >= 0.3 is 0 Å². The minimum atomic E-state index is 0.240. The molecule has 0 radical (unpaired) electrons. The van der Waals surface area contributed by atoms with Crippen LogP contribution in [0, 0.1) is 0 Å². The SMILES string of the molecule is CCCCc1noc(Cn2cc(C(Br)CC)nn2)n1. The molecule has 0 bridgehead atoms. The van der Waals surface area contributed by atoms with Gasteiger partial charge in [0.2, 0.25) is 5.89 Å². The maximum absolute atomic E-state index is 5.20. The average molecular weight is 328 g/mol.